The van der Waals surface area contributed by atoms with Gasteiger partial charge in [-0.25, -0.2) is 0 Å². The largest absolute Gasteiger partial charge is 0.476 e. The number of rotatable bonds is 1. The van der Waals surface area contributed by atoms with E-state index in [0.29, 0.717) is 5.02 Å². The number of fused-ring (bicyclic) bond motifs is 3. The Morgan fingerprint density at radius 2 is 2.13 bits per heavy atom. The molecular weight excluding hydrogens is 308 g/mol. The number of pyridine rings is 1. The first-order valence-electron chi connectivity index (χ1n) is 7.74. The van der Waals surface area contributed by atoms with Gasteiger partial charge in [-0.2, -0.15) is 0 Å². The van der Waals surface area contributed by atoms with Gasteiger partial charge in [0, 0.05) is 30.0 Å². The Morgan fingerprint density at radius 1 is 1.26 bits per heavy atom. The van der Waals surface area contributed by atoms with Crippen molar-refractivity contribution in [2.75, 3.05) is 0 Å². The summed E-state index contributed by atoms with van der Waals surface area (Å²) in [6.07, 6.45) is 8.66. The van der Waals surface area contributed by atoms with Crippen molar-refractivity contribution >= 4 is 23.9 Å². The number of benzene rings is 1. The van der Waals surface area contributed by atoms with Crippen LogP contribution in [0.25, 0.3) is 6.08 Å². The van der Waals surface area contributed by atoms with E-state index < -0.39 is 5.60 Å². The molecule has 0 amide bonds. The molecule has 2 aliphatic heterocycles. The average molecular weight is 325 g/mol. The zero-order chi connectivity index (χ0) is 16.0. The van der Waals surface area contributed by atoms with E-state index in [1.807, 2.05) is 25.3 Å². The first kappa shape index (κ1) is 14.5. The van der Waals surface area contributed by atoms with Gasteiger partial charge in [-0.15, -0.1) is 0 Å². The van der Waals surface area contributed by atoms with Crippen LogP contribution in [-0.4, -0.2) is 11.2 Å². The molecule has 116 valence electrons. The minimum atomic E-state index is -0.604. The van der Waals surface area contributed by atoms with Gasteiger partial charge in [0.1, 0.15) is 5.75 Å². The van der Waals surface area contributed by atoms with E-state index in [1.54, 1.807) is 6.20 Å². The van der Waals surface area contributed by atoms with Crippen molar-refractivity contribution in [1.82, 2.24) is 4.98 Å². The summed E-state index contributed by atoms with van der Waals surface area (Å²) in [6, 6.07) is 8.16. The fourth-order valence-electron chi connectivity index (χ4n) is 3.22. The SMILES string of the molecule is CC1N=CCc2ccc3c(c21)O[C@@](C)(c1ccc(Cl)cn1)C=C3. The highest BCUT2D eigenvalue weighted by molar-refractivity contribution is 6.30. The molecule has 2 aromatic rings. The molecule has 4 rings (SSSR count). The molecule has 0 radical (unpaired) electrons. The molecule has 1 unspecified atom stereocenters. The second-order valence-corrected chi connectivity index (χ2v) is 6.61. The summed E-state index contributed by atoms with van der Waals surface area (Å²) in [7, 11) is 0. The van der Waals surface area contributed by atoms with Crippen LogP contribution in [0.5, 0.6) is 5.75 Å². The maximum absolute atomic E-state index is 6.45. The van der Waals surface area contributed by atoms with Gasteiger partial charge in [0.2, 0.25) is 0 Å². The first-order valence-corrected chi connectivity index (χ1v) is 8.12. The lowest BCUT2D eigenvalue weighted by molar-refractivity contribution is 0.131. The van der Waals surface area contributed by atoms with Gasteiger partial charge < -0.3 is 4.74 Å². The lowest BCUT2D eigenvalue weighted by Gasteiger charge is -2.34. The molecule has 2 atom stereocenters. The Morgan fingerprint density at radius 3 is 2.91 bits per heavy atom. The number of hydrogen-bond donors (Lipinski definition) is 0. The minimum Gasteiger partial charge on any atom is -0.476 e. The molecule has 1 aromatic carbocycles. The quantitative estimate of drug-likeness (QED) is 0.759. The normalized spacial score (nSPS) is 24.7. The Hall–Kier alpha value is -2.13. The summed E-state index contributed by atoms with van der Waals surface area (Å²) in [6.45, 7) is 4.13. The number of aromatic nitrogens is 1. The number of halogens is 1. The third-order valence-electron chi connectivity index (χ3n) is 4.51. The van der Waals surface area contributed by atoms with Gasteiger partial charge in [0.25, 0.3) is 0 Å². The van der Waals surface area contributed by atoms with Crippen LogP contribution < -0.4 is 4.74 Å². The van der Waals surface area contributed by atoms with Crippen LogP contribution in [0.3, 0.4) is 0 Å². The van der Waals surface area contributed by atoms with E-state index in [1.165, 1.54) is 11.1 Å². The van der Waals surface area contributed by atoms with Gasteiger partial charge in [0.15, 0.2) is 5.60 Å². The van der Waals surface area contributed by atoms with E-state index in [4.69, 9.17) is 16.3 Å². The van der Waals surface area contributed by atoms with Crippen LogP contribution in [-0.2, 0) is 12.0 Å². The fourth-order valence-corrected chi connectivity index (χ4v) is 3.34. The molecule has 1 aromatic heterocycles. The number of nitrogens with zero attached hydrogens (tertiary/aromatic N) is 2. The average Bonchev–Trinajstić information content (AvgIpc) is 2.55. The Kier molecular flexibility index (Phi) is 3.27. The van der Waals surface area contributed by atoms with Crippen molar-refractivity contribution in [1.29, 1.82) is 0 Å². The molecule has 3 nitrogen and oxygen atoms in total. The first-order chi connectivity index (χ1) is 11.1. The fraction of sp³-hybridized carbons (Fsp3) is 0.263. The Balaban J connectivity index is 1.82. The second kappa shape index (κ2) is 5.20. The van der Waals surface area contributed by atoms with Crippen LogP contribution in [0.15, 0.2) is 41.5 Å². The van der Waals surface area contributed by atoms with E-state index >= 15 is 0 Å². The van der Waals surface area contributed by atoms with Gasteiger partial charge >= 0.3 is 0 Å². The third kappa shape index (κ3) is 2.36. The zero-order valence-electron chi connectivity index (χ0n) is 13.1. The van der Waals surface area contributed by atoms with Gasteiger partial charge in [-0.1, -0.05) is 29.8 Å². The van der Waals surface area contributed by atoms with Crippen molar-refractivity contribution in [2.45, 2.75) is 31.9 Å². The van der Waals surface area contributed by atoms with E-state index in [0.717, 1.165) is 23.4 Å². The molecule has 2 aliphatic rings. The van der Waals surface area contributed by atoms with Gasteiger partial charge in [-0.05, 0) is 37.6 Å². The van der Waals surface area contributed by atoms with Crippen molar-refractivity contribution in [3.8, 4) is 5.75 Å². The Labute approximate surface area is 140 Å². The van der Waals surface area contributed by atoms with Crippen LogP contribution in [0.1, 0.15) is 42.3 Å². The lowest BCUT2D eigenvalue weighted by Crippen LogP contribution is -2.31. The van der Waals surface area contributed by atoms with Crippen LogP contribution >= 0.6 is 11.6 Å². The summed E-state index contributed by atoms with van der Waals surface area (Å²) in [4.78, 5) is 8.99. The summed E-state index contributed by atoms with van der Waals surface area (Å²) in [5.41, 5.74) is 3.81. The van der Waals surface area contributed by atoms with Crippen LogP contribution in [0.2, 0.25) is 5.02 Å². The molecule has 0 aliphatic carbocycles. The van der Waals surface area contributed by atoms with Crippen LogP contribution in [0, 0.1) is 0 Å². The summed E-state index contributed by atoms with van der Waals surface area (Å²) in [5, 5.41) is 0.623. The smallest absolute Gasteiger partial charge is 0.166 e. The highest BCUT2D eigenvalue weighted by atomic mass is 35.5. The maximum atomic E-state index is 6.45. The zero-order valence-corrected chi connectivity index (χ0v) is 13.8. The molecule has 0 bridgehead atoms. The topological polar surface area (TPSA) is 34.5 Å². The van der Waals surface area contributed by atoms with E-state index in [2.05, 4.69) is 41.2 Å². The van der Waals surface area contributed by atoms with E-state index in [-0.39, 0.29) is 6.04 Å². The van der Waals surface area contributed by atoms with Crippen molar-refractivity contribution in [2.24, 2.45) is 4.99 Å². The summed E-state index contributed by atoms with van der Waals surface area (Å²) >= 11 is 5.95. The van der Waals surface area contributed by atoms with Gasteiger partial charge in [-0.3, -0.25) is 9.98 Å². The molecule has 3 heterocycles. The number of ether oxygens (including phenoxy) is 1. The number of hydrogen-bond acceptors (Lipinski definition) is 3. The van der Waals surface area contributed by atoms with Crippen molar-refractivity contribution in [3.63, 3.8) is 0 Å². The molecule has 0 fully saturated rings. The molecular formula is C19H17ClN2O. The van der Waals surface area contributed by atoms with Crippen molar-refractivity contribution < 1.29 is 4.74 Å². The standard InChI is InChI=1S/C19H17ClN2O/c1-12-17-13(8-10-21-12)3-4-14-7-9-19(2,23-18(14)17)16-6-5-15(20)11-22-16/h3-7,9-12H,8H2,1-2H3/t12?,19-/m1/s1. The summed E-state index contributed by atoms with van der Waals surface area (Å²) in [5.74, 6) is 0.925. The second-order valence-electron chi connectivity index (χ2n) is 6.17. The third-order valence-corrected chi connectivity index (χ3v) is 4.73. The predicted octanol–water partition coefficient (Wildman–Crippen LogP) is 4.74. The molecule has 0 saturated carbocycles. The molecule has 0 saturated heterocycles. The highest BCUT2D eigenvalue weighted by Crippen LogP contribution is 2.43. The Bertz CT molecular complexity index is 826. The number of aliphatic imine (C=N–C) groups is 1. The van der Waals surface area contributed by atoms with Crippen LogP contribution in [0.4, 0.5) is 0 Å². The summed E-state index contributed by atoms with van der Waals surface area (Å²) < 4.78 is 6.45. The molecule has 4 heteroatoms. The molecule has 0 N–H and O–H groups in total. The van der Waals surface area contributed by atoms with Crippen molar-refractivity contribution in [3.05, 3.63) is 63.9 Å². The lowest BCUT2D eigenvalue weighted by atomic mass is 9.89. The molecule has 23 heavy (non-hydrogen) atoms. The minimum absolute atomic E-state index is 0.114. The maximum Gasteiger partial charge on any atom is 0.166 e. The van der Waals surface area contributed by atoms with Gasteiger partial charge in [0.05, 0.1) is 16.8 Å². The molecule has 0 spiro atoms. The highest BCUT2D eigenvalue weighted by Gasteiger charge is 2.34. The monoisotopic (exact) mass is 324 g/mol. The van der Waals surface area contributed by atoms with E-state index in [9.17, 15) is 0 Å². The predicted molar refractivity (Wildman–Crippen MR) is 93.3 cm³/mol.